The Hall–Kier alpha value is -2.89. The number of anilines is 1. The highest BCUT2D eigenvalue weighted by Crippen LogP contribution is 2.24. The fourth-order valence-corrected chi connectivity index (χ4v) is 4.00. The van der Waals surface area contributed by atoms with E-state index in [2.05, 4.69) is 41.7 Å². The molecule has 1 aromatic carbocycles. The maximum absolute atomic E-state index is 12.5. The molecule has 2 amide bonds. The van der Waals surface area contributed by atoms with Crippen LogP contribution in [0.4, 0.5) is 10.6 Å². The number of pyridine rings is 1. The molecule has 0 aliphatic heterocycles. The Balaban J connectivity index is 1.63. The summed E-state index contributed by atoms with van der Waals surface area (Å²) in [7, 11) is 0. The molecule has 1 aliphatic carbocycles. The third kappa shape index (κ3) is 3.72. The molecule has 1 fully saturated rings. The first-order valence-corrected chi connectivity index (χ1v) is 10.0. The molecule has 4 rings (SSSR count). The highest BCUT2D eigenvalue weighted by atomic mass is 16.2. The zero-order valence-corrected chi connectivity index (χ0v) is 16.7. The van der Waals surface area contributed by atoms with Gasteiger partial charge in [-0.2, -0.15) is 9.78 Å². The fourth-order valence-electron chi connectivity index (χ4n) is 4.00. The minimum absolute atomic E-state index is 0.179. The molecule has 3 aromatic rings. The van der Waals surface area contributed by atoms with Crippen molar-refractivity contribution in [1.29, 1.82) is 0 Å². The minimum Gasteiger partial charge on any atom is -0.335 e. The second-order valence-electron chi connectivity index (χ2n) is 7.78. The molecule has 1 aliphatic rings. The fraction of sp³-hybridized carbons (Fsp3) is 0.409. The lowest BCUT2D eigenvalue weighted by Crippen LogP contribution is -2.39. The van der Waals surface area contributed by atoms with Crippen molar-refractivity contribution in [2.24, 2.45) is 0 Å². The van der Waals surface area contributed by atoms with Gasteiger partial charge in [0.25, 0.3) is 0 Å². The van der Waals surface area contributed by atoms with Crippen LogP contribution in [-0.2, 0) is 0 Å². The predicted octanol–water partition coefficient (Wildman–Crippen LogP) is 4.80. The van der Waals surface area contributed by atoms with Gasteiger partial charge in [-0.15, -0.1) is 0 Å². The van der Waals surface area contributed by atoms with E-state index in [0.717, 1.165) is 40.6 Å². The summed E-state index contributed by atoms with van der Waals surface area (Å²) in [6.45, 7) is 6.05. The lowest BCUT2D eigenvalue weighted by Gasteiger charge is -2.22. The minimum atomic E-state index is -0.179. The first kappa shape index (κ1) is 18.5. The number of nitrogens with one attached hydrogen (secondary N) is 2. The number of para-hydroxylation sites is 1. The molecule has 1 saturated carbocycles. The number of amides is 2. The van der Waals surface area contributed by atoms with E-state index < -0.39 is 0 Å². The summed E-state index contributed by atoms with van der Waals surface area (Å²) in [6.07, 6.45) is 5.73. The summed E-state index contributed by atoms with van der Waals surface area (Å²) >= 11 is 0. The van der Waals surface area contributed by atoms with Crippen LogP contribution in [0.1, 0.15) is 48.9 Å². The molecule has 0 atom stereocenters. The average molecular weight is 377 g/mol. The zero-order valence-electron chi connectivity index (χ0n) is 16.7. The second kappa shape index (κ2) is 7.62. The van der Waals surface area contributed by atoms with Crippen molar-refractivity contribution in [3.8, 4) is 5.82 Å². The Morgan fingerprint density at radius 1 is 1.07 bits per heavy atom. The Labute approximate surface area is 165 Å². The SMILES string of the molecule is Cc1cc(NC(=O)NC2CCCCC2)n(-c2cc(C)c3cccc(C)c3n2)n1. The van der Waals surface area contributed by atoms with E-state index in [1.165, 1.54) is 19.3 Å². The number of rotatable bonds is 3. The topological polar surface area (TPSA) is 71.8 Å². The van der Waals surface area contributed by atoms with E-state index >= 15 is 0 Å². The van der Waals surface area contributed by atoms with Gasteiger partial charge in [-0.25, -0.2) is 9.78 Å². The molecular formula is C22H27N5O. The maximum Gasteiger partial charge on any atom is 0.320 e. The van der Waals surface area contributed by atoms with Crippen LogP contribution < -0.4 is 10.6 Å². The van der Waals surface area contributed by atoms with Gasteiger partial charge in [0.05, 0.1) is 11.2 Å². The number of benzene rings is 1. The van der Waals surface area contributed by atoms with Crippen LogP contribution in [0.5, 0.6) is 0 Å². The maximum atomic E-state index is 12.5. The van der Waals surface area contributed by atoms with Crippen molar-refractivity contribution < 1.29 is 4.79 Å². The van der Waals surface area contributed by atoms with Gasteiger partial charge in [0.1, 0.15) is 5.82 Å². The standard InChI is InChI=1S/C22H27N5O/c1-14-8-7-11-18-15(2)12-19(24-21(14)18)27-20(13-16(3)26-27)25-22(28)23-17-9-5-4-6-10-17/h7-8,11-13,17H,4-6,9-10H2,1-3H3,(H2,23,25,28). The van der Waals surface area contributed by atoms with E-state index in [-0.39, 0.29) is 12.1 Å². The molecule has 0 spiro atoms. The highest BCUT2D eigenvalue weighted by Gasteiger charge is 2.18. The van der Waals surface area contributed by atoms with E-state index in [1.807, 2.05) is 25.1 Å². The van der Waals surface area contributed by atoms with Gasteiger partial charge in [0.2, 0.25) is 0 Å². The lowest BCUT2D eigenvalue weighted by molar-refractivity contribution is 0.244. The monoisotopic (exact) mass is 377 g/mol. The second-order valence-corrected chi connectivity index (χ2v) is 7.78. The number of hydrogen-bond donors (Lipinski definition) is 2. The molecule has 146 valence electrons. The van der Waals surface area contributed by atoms with Crippen LogP contribution in [0, 0.1) is 20.8 Å². The molecule has 6 nitrogen and oxygen atoms in total. The largest absolute Gasteiger partial charge is 0.335 e. The smallest absolute Gasteiger partial charge is 0.320 e. The first-order valence-electron chi connectivity index (χ1n) is 10.0. The summed E-state index contributed by atoms with van der Waals surface area (Å²) in [4.78, 5) is 17.4. The van der Waals surface area contributed by atoms with Crippen molar-refractivity contribution in [1.82, 2.24) is 20.1 Å². The molecule has 2 N–H and O–H groups in total. The van der Waals surface area contributed by atoms with Crippen molar-refractivity contribution >= 4 is 22.8 Å². The van der Waals surface area contributed by atoms with Crippen LogP contribution in [0.3, 0.4) is 0 Å². The summed E-state index contributed by atoms with van der Waals surface area (Å²) in [5, 5.41) is 11.8. The predicted molar refractivity (Wildman–Crippen MR) is 112 cm³/mol. The number of aryl methyl sites for hydroxylation is 3. The Bertz CT molecular complexity index is 1020. The molecule has 0 bridgehead atoms. The van der Waals surface area contributed by atoms with Crippen molar-refractivity contribution in [3.63, 3.8) is 0 Å². The van der Waals surface area contributed by atoms with E-state index in [9.17, 15) is 4.79 Å². The quantitative estimate of drug-likeness (QED) is 0.689. The lowest BCUT2D eigenvalue weighted by atomic mass is 9.96. The number of nitrogens with zero attached hydrogens (tertiary/aromatic N) is 3. The molecule has 6 heteroatoms. The van der Waals surface area contributed by atoms with Gasteiger partial charge in [-0.3, -0.25) is 5.32 Å². The molecular weight excluding hydrogens is 350 g/mol. The summed E-state index contributed by atoms with van der Waals surface area (Å²) in [5.41, 5.74) is 4.05. The normalized spacial score (nSPS) is 15.0. The number of urea groups is 1. The number of hydrogen-bond acceptors (Lipinski definition) is 3. The van der Waals surface area contributed by atoms with Gasteiger partial charge in [-0.05, 0) is 50.8 Å². The third-order valence-electron chi connectivity index (χ3n) is 5.47. The first-order chi connectivity index (χ1) is 13.5. The molecule has 28 heavy (non-hydrogen) atoms. The number of carbonyl (C=O) groups excluding carboxylic acids is 1. The van der Waals surface area contributed by atoms with Crippen LogP contribution >= 0.6 is 0 Å². The Kier molecular flexibility index (Phi) is 5.03. The number of fused-ring (bicyclic) bond motifs is 1. The number of aromatic nitrogens is 3. The van der Waals surface area contributed by atoms with Crippen molar-refractivity contribution in [2.45, 2.75) is 58.9 Å². The Morgan fingerprint density at radius 2 is 1.86 bits per heavy atom. The van der Waals surface area contributed by atoms with E-state index in [0.29, 0.717) is 11.6 Å². The van der Waals surface area contributed by atoms with E-state index in [4.69, 9.17) is 4.98 Å². The summed E-state index contributed by atoms with van der Waals surface area (Å²) < 4.78 is 1.72. The average Bonchev–Trinajstić information content (AvgIpc) is 3.03. The molecule has 0 unspecified atom stereocenters. The van der Waals surface area contributed by atoms with Crippen LogP contribution in [0.15, 0.2) is 30.3 Å². The van der Waals surface area contributed by atoms with Crippen LogP contribution in [-0.4, -0.2) is 26.8 Å². The van der Waals surface area contributed by atoms with Gasteiger partial charge in [0, 0.05) is 17.5 Å². The summed E-state index contributed by atoms with van der Waals surface area (Å²) in [5.74, 6) is 1.34. The zero-order chi connectivity index (χ0) is 19.7. The van der Waals surface area contributed by atoms with Gasteiger partial charge in [0.15, 0.2) is 5.82 Å². The molecule has 2 heterocycles. The van der Waals surface area contributed by atoms with Gasteiger partial charge >= 0.3 is 6.03 Å². The van der Waals surface area contributed by atoms with Crippen molar-refractivity contribution in [2.75, 3.05) is 5.32 Å². The molecule has 0 saturated heterocycles. The van der Waals surface area contributed by atoms with E-state index in [1.54, 1.807) is 4.68 Å². The highest BCUT2D eigenvalue weighted by molar-refractivity contribution is 5.89. The molecule has 2 aromatic heterocycles. The van der Waals surface area contributed by atoms with Gasteiger partial charge < -0.3 is 5.32 Å². The molecule has 0 radical (unpaired) electrons. The van der Waals surface area contributed by atoms with Crippen molar-refractivity contribution in [3.05, 3.63) is 47.2 Å². The summed E-state index contributed by atoms with van der Waals surface area (Å²) in [6, 6.07) is 10.2. The Morgan fingerprint density at radius 3 is 2.64 bits per heavy atom. The van der Waals surface area contributed by atoms with Gasteiger partial charge in [-0.1, -0.05) is 37.5 Å². The number of carbonyl (C=O) groups is 1. The van der Waals surface area contributed by atoms with Crippen LogP contribution in [0.2, 0.25) is 0 Å². The van der Waals surface area contributed by atoms with Crippen LogP contribution in [0.25, 0.3) is 16.7 Å². The third-order valence-corrected chi connectivity index (χ3v) is 5.47.